The number of nitrogens with one attached hydrogen (secondary N) is 1. The van der Waals surface area contributed by atoms with Crippen LogP contribution in [0, 0.1) is 0 Å². The van der Waals surface area contributed by atoms with E-state index in [9.17, 15) is 0 Å². The van der Waals surface area contributed by atoms with Crippen LogP contribution in [0.3, 0.4) is 0 Å². The third kappa shape index (κ3) is 1.72. The average molecular weight is 180 g/mol. The first-order chi connectivity index (χ1) is 6.42. The molecule has 0 unspecified atom stereocenters. The van der Waals surface area contributed by atoms with Crippen LogP contribution in [0.15, 0.2) is 6.33 Å². The average Bonchev–Trinajstić information content (AvgIpc) is 2.71. The number of aryl methyl sites for hydroxylation is 1. The van der Waals surface area contributed by atoms with Gasteiger partial charge in [0.1, 0.15) is 12.2 Å². The summed E-state index contributed by atoms with van der Waals surface area (Å²) in [4.78, 5) is 0. The number of aromatic nitrogens is 3. The molecule has 4 nitrogen and oxygen atoms in total. The molecule has 1 N–H and O–H groups in total. The monoisotopic (exact) mass is 180 g/mol. The highest BCUT2D eigenvalue weighted by Crippen LogP contribution is 2.20. The number of rotatable bonds is 3. The van der Waals surface area contributed by atoms with Crippen molar-refractivity contribution in [3.05, 3.63) is 12.2 Å². The van der Waals surface area contributed by atoms with Crippen molar-refractivity contribution in [3.63, 3.8) is 0 Å². The minimum atomic E-state index is 0.439. The van der Waals surface area contributed by atoms with E-state index in [-0.39, 0.29) is 0 Å². The first-order valence-electron chi connectivity index (χ1n) is 5.03. The minimum Gasteiger partial charge on any atom is -0.316 e. The Kier molecular flexibility index (Phi) is 2.59. The standard InChI is InChI=1S/C9H16N4/c1-2-6-13-7-11-12-9(13)8-4-3-5-10-8/h7-8,10H,2-6H2,1H3/t8-/m1/s1. The van der Waals surface area contributed by atoms with Gasteiger partial charge in [0, 0.05) is 6.54 Å². The SMILES string of the molecule is CCCn1cnnc1[C@H]1CCCN1. The summed E-state index contributed by atoms with van der Waals surface area (Å²) >= 11 is 0. The molecule has 0 aliphatic carbocycles. The third-order valence-corrected chi connectivity index (χ3v) is 2.48. The van der Waals surface area contributed by atoms with Crippen LogP contribution in [-0.4, -0.2) is 21.3 Å². The van der Waals surface area contributed by atoms with E-state index >= 15 is 0 Å². The Hall–Kier alpha value is -0.900. The van der Waals surface area contributed by atoms with Crippen LogP contribution in [0.5, 0.6) is 0 Å². The van der Waals surface area contributed by atoms with E-state index in [0.29, 0.717) is 6.04 Å². The van der Waals surface area contributed by atoms with Gasteiger partial charge in [-0.25, -0.2) is 0 Å². The Labute approximate surface area is 78.4 Å². The quantitative estimate of drug-likeness (QED) is 0.757. The van der Waals surface area contributed by atoms with E-state index in [4.69, 9.17) is 0 Å². The van der Waals surface area contributed by atoms with Crippen molar-refractivity contribution in [3.8, 4) is 0 Å². The summed E-state index contributed by atoms with van der Waals surface area (Å²) in [6.45, 7) is 4.32. The molecule has 1 aromatic heterocycles. The Balaban J connectivity index is 2.13. The van der Waals surface area contributed by atoms with Gasteiger partial charge >= 0.3 is 0 Å². The van der Waals surface area contributed by atoms with Gasteiger partial charge in [-0.3, -0.25) is 0 Å². The zero-order chi connectivity index (χ0) is 9.10. The molecule has 1 saturated heterocycles. The van der Waals surface area contributed by atoms with Crippen LogP contribution in [0.4, 0.5) is 0 Å². The molecule has 0 amide bonds. The second kappa shape index (κ2) is 3.87. The van der Waals surface area contributed by atoms with Gasteiger partial charge in [-0.05, 0) is 25.8 Å². The maximum Gasteiger partial charge on any atom is 0.149 e. The van der Waals surface area contributed by atoms with Crippen molar-refractivity contribution in [1.82, 2.24) is 20.1 Å². The molecule has 2 rings (SSSR count). The summed E-state index contributed by atoms with van der Waals surface area (Å²) in [6.07, 6.45) is 5.42. The fourth-order valence-corrected chi connectivity index (χ4v) is 1.85. The molecule has 0 saturated carbocycles. The Bertz CT molecular complexity index is 262. The maximum atomic E-state index is 4.17. The molecule has 1 aliphatic rings. The molecule has 2 heterocycles. The maximum absolute atomic E-state index is 4.17. The highest BCUT2D eigenvalue weighted by atomic mass is 15.3. The molecular formula is C9H16N4. The topological polar surface area (TPSA) is 42.7 Å². The van der Waals surface area contributed by atoms with Gasteiger partial charge in [0.15, 0.2) is 0 Å². The van der Waals surface area contributed by atoms with Gasteiger partial charge in [0.25, 0.3) is 0 Å². The summed E-state index contributed by atoms with van der Waals surface area (Å²) in [7, 11) is 0. The van der Waals surface area contributed by atoms with E-state index in [1.165, 1.54) is 12.8 Å². The predicted molar refractivity (Wildman–Crippen MR) is 50.3 cm³/mol. The lowest BCUT2D eigenvalue weighted by molar-refractivity contribution is 0.541. The number of hydrogen-bond acceptors (Lipinski definition) is 3. The molecular weight excluding hydrogens is 164 g/mol. The summed E-state index contributed by atoms with van der Waals surface area (Å²) in [6, 6.07) is 0.439. The third-order valence-electron chi connectivity index (χ3n) is 2.48. The highest BCUT2D eigenvalue weighted by molar-refractivity contribution is 4.97. The van der Waals surface area contributed by atoms with Crippen molar-refractivity contribution in [2.45, 2.75) is 38.8 Å². The van der Waals surface area contributed by atoms with Gasteiger partial charge in [-0.15, -0.1) is 10.2 Å². The van der Waals surface area contributed by atoms with E-state index in [2.05, 4.69) is 27.0 Å². The van der Waals surface area contributed by atoms with E-state index in [1.807, 2.05) is 6.33 Å². The number of hydrogen-bond donors (Lipinski definition) is 1. The Morgan fingerprint density at radius 2 is 2.62 bits per heavy atom. The second-order valence-electron chi connectivity index (χ2n) is 3.53. The zero-order valence-corrected chi connectivity index (χ0v) is 8.03. The van der Waals surface area contributed by atoms with Crippen molar-refractivity contribution >= 4 is 0 Å². The highest BCUT2D eigenvalue weighted by Gasteiger charge is 2.20. The van der Waals surface area contributed by atoms with Crippen LogP contribution in [-0.2, 0) is 6.54 Å². The molecule has 1 aliphatic heterocycles. The van der Waals surface area contributed by atoms with Crippen LogP contribution in [0.25, 0.3) is 0 Å². The lowest BCUT2D eigenvalue weighted by Crippen LogP contribution is -2.17. The molecule has 13 heavy (non-hydrogen) atoms. The Morgan fingerprint density at radius 1 is 1.69 bits per heavy atom. The lowest BCUT2D eigenvalue weighted by atomic mass is 10.2. The van der Waals surface area contributed by atoms with Crippen LogP contribution in [0.2, 0.25) is 0 Å². The summed E-state index contributed by atoms with van der Waals surface area (Å²) in [5, 5.41) is 11.6. The first kappa shape index (κ1) is 8.69. The molecule has 4 heteroatoms. The summed E-state index contributed by atoms with van der Waals surface area (Å²) in [5.74, 6) is 1.11. The van der Waals surface area contributed by atoms with Gasteiger partial charge < -0.3 is 9.88 Å². The molecule has 0 aromatic carbocycles. The van der Waals surface area contributed by atoms with Crippen molar-refractivity contribution in [2.75, 3.05) is 6.54 Å². The molecule has 0 radical (unpaired) electrons. The van der Waals surface area contributed by atoms with Crippen LogP contribution >= 0.6 is 0 Å². The summed E-state index contributed by atoms with van der Waals surface area (Å²) in [5.41, 5.74) is 0. The molecule has 1 aromatic rings. The predicted octanol–water partition coefficient (Wildman–Crippen LogP) is 1.11. The van der Waals surface area contributed by atoms with Gasteiger partial charge in [-0.2, -0.15) is 0 Å². The molecule has 0 bridgehead atoms. The van der Waals surface area contributed by atoms with Crippen LogP contribution in [0.1, 0.15) is 38.1 Å². The lowest BCUT2D eigenvalue weighted by Gasteiger charge is -2.10. The van der Waals surface area contributed by atoms with E-state index in [0.717, 1.165) is 25.3 Å². The summed E-state index contributed by atoms with van der Waals surface area (Å²) < 4.78 is 2.16. The first-order valence-corrected chi connectivity index (χ1v) is 5.03. The fourth-order valence-electron chi connectivity index (χ4n) is 1.85. The largest absolute Gasteiger partial charge is 0.316 e. The number of nitrogens with zero attached hydrogens (tertiary/aromatic N) is 3. The smallest absolute Gasteiger partial charge is 0.149 e. The zero-order valence-electron chi connectivity index (χ0n) is 8.03. The van der Waals surface area contributed by atoms with Crippen molar-refractivity contribution in [1.29, 1.82) is 0 Å². The minimum absolute atomic E-state index is 0.439. The van der Waals surface area contributed by atoms with Gasteiger partial charge in [-0.1, -0.05) is 6.92 Å². The Morgan fingerprint density at radius 3 is 3.31 bits per heavy atom. The molecule has 72 valence electrons. The van der Waals surface area contributed by atoms with Gasteiger partial charge in [0.05, 0.1) is 6.04 Å². The van der Waals surface area contributed by atoms with Gasteiger partial charge in [0.2, 0.25) is 0 Å². The molecule has 1 atom stereocenters. The van der Waals surface area contributed by atoms with E-state index < -0.39 is 0 Å². The normalized spacial score (nSPS) is 22.4. The molecule has 0 spiro atoms. The van der Waals surface area contributed by atoms with Crippen molar-refractivity contribution in [2.24, 2.45) is 0 Å². The van der Waals surface area contributed by atoms with Crippen LogP contribution < -0.4 is 5.32 Å². The molecule has 1 fully saturated rings. The second-order valence-corrected chi connectivity index (χ2v) is 3.53. The van der Waals surface area contributed by atoms with Crippen molar-refractivity contribution < 1.29 is 0 Å². The van der Waals surface area contributed by atoms with E-state index in [1.54, 1.807) is 0 Å². The fraction of sp³-hybridized carbons (Fsp3) is 0.778.